The minimum atomic E-state index is -1.87. The van der Waals surface area contributed by atoms with Crippen molar-refractivity contribution in [2.75, 3.05) is 19.6 Å². The molecule has 3 aromatic rings. The van der Waals surface area contributed by atoms with Crippen molar-refractivity contribution in [1.29, 1.82) is 0 Å². The molecule has 0 aromatic heterocycles. The molecule has 192 valence electrons. The first-order valence-electron chi connectivity index (χ1n) is 12.0. The Morgan fingerprint density at radius 2 is 1.54 bits per heavy atom. The van der Waals surface area contributed by atoms with E-state index in [1.54, 1.807) is 24.3 Å². The highest BCUT2D eigenvalue weighted by atomic mass is 35.5. The molecule has 1 fully saturated rings. The van der Waals surface area contributed by atoms with Crippen LogP contribution in [0.2, 0.25) is 5.02 Å². The third-order valence-corrected chi connectivity index (χ3v) is 7.79. The fourth-order valence-electron chi connectivity index (χ4n) is 4.16. The summed E-state index contributed by atoms with van der Waals surface area (Å²) in [5, 5.41) is 3.35. The Kier molecular flexibility index (Phi) is 9.09. The van der Waals surface area contributed by atoms with E-state index in [2.05, 4.69) is 5.32 Å². The van der Waals surface area contributed by atoms with E-state index in [0.717, 1.165) is 15.4 Å². The number of rotatable bonds is 9. The number of nitrogens with zero attached hydrogens (tertiary/aromatic N) is 2. The standard InChI is InChI=1S/C28H28ClN3O4S/c29-24-11-13-25(14-12-24)37(36)32-20-27(34)31(16-15-26(33)30-18-22-9-5-2-6-10-22)19-23(28(32)35)17-21-7-3-1-4-8-21/h1-14,23H,15-20H2,(H,30,33). The minimum absolute atomic E-state index is 0.102. The van der Waals surface area contributed by atoms with E-state index < -0.39 is 16.9 Å². The Morgan fingerprint density at radius 3 is 2.19 bits per heavy atom. The van der Waals surface area contributed by atoms with Crippen LogP contribution in [0.25, 0.3) is 0 Å². The maximum Gasteiger partial charge on any atom is 0.243 e. The summed E-state index contributed by atoms with van der Waals surface area (Å²) in [6.07, 6.45) is 0.489. The maximum absolute atomic E-state index is 13.6. The van der Waals surface area contributed by atoms with Crippen LogP contribution in [-0.2, 0) is 38.3 Å². The molecule has 7 nitrogen and oxygen atoms in total. The van der Waals surface area contributed by atoms with Gasteiger partial charge in [0.05, 0.1) is 10.8 Å². The number of carbonyl (C=O) groups excluding carboxylic acids is 3. The first kappa shape index (κ1) is 26.6. The predicted molar refractivity (Wildman–Crippen MR) is 143 cm³/mol. The van der Waals surface area contributed by atoms with Crippen LogP contribution in [0.1, 0.15) is 17.5 Å². The zero-order valence-corrected chi connectivity index (χ0v) is 21.8. The van der Waals surface area contributed by atoms with E-state index in [4.69, 9.17) is 11.6 Å². The highest BCUT2D eigenvalue weighted by molar-refractivity contribution is 7.83. The van der Waals surface area contributed by atoms with Gasteiger partial charge in [0.25, 0.3) is 0 Å². The van der Waals surface area contributed by atoms with Gasteiger partial charge in [-0.05, 0) is 41.8 Å². The molecule has 3 amide bonds. The second-order valence-electron chi connectivity index (χ2n) is 8.82. The number of hydrogen-bond acceptors (Lipinski definition) is 4. The Morgan fingerprint density at radius 1 is 0.919 bits per heavy atom. The van der Waals surface area contributed by atoms with Gasteiger partial charge >= 0.3 is 0 Å². The molecule has 0 bridgehead atoms. The molecule has 9 heteroatoms. The lowest BCUT2D eigenvalue weighted by atomic mass is 9.98. The van der Waals surface area contributed by atoms with Crippen LogP contribution in [0, 0.1) is 5.92 Å². The second-order valence-corrected chi connectivity index (χ2v) is 10.7. The lowest BCUT2D eigenvalue weighted by molar-refractivity contribution is -0.133. The van der Waals surface area contributed by atoms with E-state index in [9.17, 15) is 18.6 Å². The quantitative estimate of drug-likeness (QED) is 0.452. The number of amides is 3. The smallest absolute Gasteiger partial charge is 0.243 e. The summed E-state index contributed by atoms with van der Waals surface area (Å²) in [6.45, 7) is 0.383. The third kappa shape index (κ3) is 7.27. The topological polar surface area (TPSA) is 86.8 Å². The number of carbonyl (C=O) groups is 3. The Labute approximate surface area is 224 Å². The largest absolute Gasteiger partial charge is 0.352 e. The van der Waals surface area contributed by atoms with E-state index >= 15 is 0 Å². The Hall–Kier alpha value is -3.49. The van der Waals surface area contributed by atoms with Gasteiger partial charge in [-0.15, -0.1) is 0 Å². The zero-order chi connectivity index (χ0) is 26.2. The number of hydrogen-bond donors (Lipinski definition) is 1. The lowest BCUT2D eigenvalue weighted by Gasteiger charge is -2.23. The lowest BCUT2D eigenvalue weighted by Crippen LogP contribution is -2.40. The Bertz CT molecular complexity index is 1260. The summed E-state index contributed by atoms with van der Waals surface area (Å²) in [7, 11) is -1.87. The number of benzene rings is 3. The van der Waals surface area contributed by atoms with Gasteiger partial charge in [-0.1, -0.05) is 72.3 Å². The zero-order valence-electron chi connectivity index (χ0n) is 20.2. The molecular weight excluding hydrogens is 510 g/mol. The molecule has 2 atom stereocenters. The van der Waals surface area contributed by atoms with Gasteiger partial charge in [-0.2, -0.15) is 0 Å². The molecular formula is C28H28ClN3O4S. The van der Waals surface area contributed by atoms with Crippen LogP contribution in [0.15, 0.2) is 89.8 Å². The summed E-state index contributed by atoms with van der Waals surface area (Å²) >= 11 is 5.96. The summed E-state index contributed by atoms with van der Waals surface area (Å²) < 4.78 is 14.5. The molecule has 2 unspecified atom stereocenters. The van der Waals surface area contributed by atoms with E-state index in [-0.39, 0.29) is 43.8 Å². The fraction of sp³-hybridized carbons (Fsp3) is 0.250. The summed E-state index contributed by atoms with van der Waals surface area (Å²) in [5.41, 5.74) is 1.92. The molecule has 1 saturated heterocycles. The van der Waals surface area contributed by atoms with Crippen molar-refractivity contribution in [3.05, 3.63) is 101 Å². The molecule has 37 heavy (non-hydrogen) atoms. The van der Waals surface area contributed by atoms with Gasteiger partial charge in [0.15, 0.2) is 11.0 Å². The maximum atomic E-state index is 13.6. The molecule has 3 aromatic carbocycles. The fourth-order valence-corrected chi connectivity index (χ4v) is 5.45. The van der Waals surface area contributed by atoms with E-state index in [0.29, 0.717) is 22.9 Å². The third-order valence-electron chi connectivity index (χ3n) is 6.15. The molecule has 0 spiro atoms. The van der Waals surface area contributed by atoms with Crippen LogP contribution in [-0.4, -0.2) is 50.8 Å². The highest BCUT2D eigenvalue weighted by Crippen LogP contribution is 2.23. The molecule has 1 aliphatic heterocycles. The van der Waals surface area contributed by atoms with Crippen LogP contribution in [0.3, 0.4) is 0 Å². The Balaban J connectivity index is 1.48. The van der Waals surface area contributed by atoms with Crippen molar-refractivity contribution in [3.8, 4) is 0 Å². The molecule has 1 heterocycles. The number of halogens is 1. The van der Waals surface area contributed by atoms with Gasteiger partial charge in [0, 0.05) is 31.1 Å². The van der Waals surface area contributed by atoms with Crippen LogP contribution < -0.4 is 5.32 Å². The van der Waals surface area contributed by atoms with Gasteiger partial charge < -0.3 is 10.2 Å². The van der Waals surface area contributed by atoms with Crippen molar-refractivity contribution < 1.29 is 18.6 Å². The summed E-state index contributed by atoms with van der Waals surface area (Å²) in [5.74, 6) is -1.49. The molecule has 1 aliphatic rings. The van der Waals surface area contributed by atoms with Gasteiger partial charge in [0.1, 0.15) is 6.54 Å². The van der Waals surface area contributed by atoms with Crippen LogP contribution in [0.4, 0.5) is 0 Å². The first-order valence-corrected chi connectivity index (χ1v) is 13.5. The monoisotopic (exact) mass is 537 g/mol. The van der Waals surface area contributed by atoms with Crippen LogP contribution in [0.5, 0.6) is 0 Å². The normalized spacial score (nSPS) is 16.8. The average Bonchev–Trinajstić information content (AvgIpc) is 3.03. The molecule has 4 rings (SSSR count). The molecule has 0 saturated carbocycles. The minimum Gasteiger partial charge on any atom is -0.352 e. The van der Waals surface area contributed by atoms with Crippen LogP contribution >= 0.6 is 11.6 Å². The summed E-state index contributed by atoms with van der Waals surface area (Å²) in [6, 6.07) is 25.4. The number of nitrogens with one attached hydrogen (secondary N) is 1. The van der Waals surface area contributed by atoms with Crippen molar-refractivity contribution in [3.63, 3.8) is 0 Å². The summed E-state index contributed by atoms with van der Waals surface area (Å²) in [4.78, 5) is 41.2. The van der Waals surface area contributed by atoms with Crippen molar-refractivity contribution >= 4 is 40.3 Å². The predicted octanol–water partition coefficient (Wildman–Crippen LogP) is 3.60. The van der Waals surface area contributed by atoms with Crippen molar-refractivity contribution in [1.82, 2.24) is 14.5 Å². The van der Waals surface area contributed by atoms with Crippen molar-refractivity contribution in [2.24, 2.45) is 5.92 Å². The average molecular weight is 538 g/mol. The SMILES string of the molecule is O=C(CCN1CC(Cc2ccccc2)C(=O)N(S(=O)c2ccc(Cl)cc2)CC1=O)NCc1ccccc1. The molecule has 0 aliphatic carbocycles. The van der Waals surface area contributed by atoms with Gasteiger partial charge in [0.2, 0.25) is 17.7 Å². The van der Waals surface area contributed by atoms with Crippen molar-refractivity contribution in [2.45, 2.75) is 24.3 Å². The van der Waals surface area contributed by atoms with Gasteiger partial charge in [-0.3, -0.25) is 14.4 Å². The molecule has 0 radical (unpaired) electrons. The van der Waals surface area contributed by atoms with Gasteiger partial charge in [-0.25, -0.2) is 8.51 Å². The highest BCUT2D eigenvalue weighted by Gasteiger charge is 2.37. The van der Waals surface area contributed by atoms with E-state index in [1.807, 2.05) is 60.7 Å². The molecule has 1 N–H and O–H groups in total. The second kappa shape index (κ2) is 12.7. The van der Waals surface area contributed by atoms with E-state index in [1.165, 1.54) is 4.90 Å². The first-order chi connectivity index (χ1) is 17.9.